The van der Waals surface area contributed by atoms with Crippen molar-refractivity contribution in [3.63, 3.8) is 0 Å². The molecule has 1 heterocycles. The first kappa shape index (κ1) is 29.5. The molecule has 0 fully saturated rings. The van der Waals surface area contributed by atoms with Crippen LogP contribution in [0.25, 0.3) is 0 Å². The zero-order valence-electron chi connectivity index (χ0n) is 19.1. The smallest absolute Gasteiger partial charge is 0.326 e. The number of carbonyl (C=O) groups is 5. The number of amides is 3. The van der Waals surface area contributed by atoms with Gasteiger partial charge in [0.15, 0.2) is 0 Å². The highest BCUT2D eigenvalue weighted by Gasteiger charge is 2.30. The number of aliphatic hydroxyl groups is 1. The largest absolute Gasteiger partial charge is 0.481 e. The SMILES string of the molecule is NCCCCC(NC(=O)C(N)Cc1cnc[nH]1)C(=O)NC(CO)C(=O)NC(CCC(=O)O)C(=O)O. The fraction of sp³-hybridized carbons (Fsp3) is 0.600. The van der Waals surface area contributed by atoms with Crippen molar-refractivity contribution in [3.8, 4) is 0 Å². The summed E-state index contributed by atoms with van der Waals surface area (Å²) >= 11 is 0. The summed E-state index contributed by atoms with van der Waals surface area (Å²) in [7, 11) is 0. The van der Waals surface area contributed by atoms with Crippen molar-refractivity contribution in [2.75, 3.05) is 13.2 Å². The number of nitrogens with one attached hydrogen (secondary N) is 4. The Morgan fingerprint density at radius 3 is 2.11 bits per heavy atom. The topological polar surface area (TPSA) is 263 Å². The number of aliphatic hydroxyl groups excluding tert-OH is 1. The lowest BCUT2D eigenvalue weighted by Gasteiger charge is -2.24. The Hall–Kier alpha value is -3.56. The second-order valence-corrected chi connectivity index (χ2v) is 7.81. The number of hydrogen-bond donors (Lipinski definition) is 9. The molecule has 1 rings (SSSR count). The van der Waals surface area contributed by atoms with Crippen LogP contribution >= 0.6 is 0 Å². The van der Waals surface area contributed by atoms with Gasteiger partial charge >= 0.3 is 11.9 Å². The standard InChI is InChI=1S/C20H33N7O8/c21-6-2-1-3-13(25-17(31)12(22)7-11-8-23-10-24-11)18(32)27-15(9-28)19(33)26-14(20(34)35)4-5-16(29)30/h8,10,12-15,28H,1-7,9,21-22H2,(H,23,24)(H,25,31)(H,26,33)(H,27,32)(H,29,30)(H,34,35). The van der Waals surface area contributed by atoms with E-state index >= 15 is 0 Å². The monoisotopic (exact) mass is 499 g/mol. The van der Waals surface area contributed by atoms with Gasteiger partial charge in [0.2, 0.25) is 17.7 Å². The molecule has 0 spiro atoms. The molecule has 0 aliphatic heterocycles. The van der Waals surface area contributed by atoms with Gasteiger partial charge in [-0.15, -0.1) is 0 Å². The number of unbranched alkanes of at least 4 members (excludes halogenated alkanes) is 1. The molecular formula is C20H33N7O8. The minimum absolute atomic E-state index is 0.136. The van der Waals surface area contributed by atoms with Crippen LogP contribution in [0.1, 0.15) is 37.8 Å². The van der Waals surface area contributed by atoms with Gasteiger partial charge in [-0.25, -0.2) is 9.78 Å². The number of carbonyl (C=O) groups excluding carboxylic acids is 3. The van der Waals surface area contributed by atoms with Crippen molar-refractivity contribution >= 4 is 29.7 Å². The number of nitrogens with two attached hydrogens (primary N) is 2. The lowest BCUT2D eigenvalue weighted by atomic mass is 10.1. The molecule has 1 aromatic heterocycles. The number of rotatable bonds is 17. The summed E-state index contributed by atoms with van der Waals surface area (Å²) in [6.07, 6.45) is 3.36. The quantitative estimate of drug-likeness (QED) is 0.0963. The first-order valence-corrected chi connectivity index (χ1v) is 11.0. The first-order chi connectivity index (χ1) is 16.6. The van der Waals surface area contributed by atoms with E-state index in [0.717, 1.165) is 0 Å². The Kier molecular flexibility index (Phi) is 12.9. The van der Waals surface area contributed by atoms with Crippen molar-refractivity contribution in [3.05, 3.63) is 18.2 Å². The molecule has 15 heteroatoms. The number of aromatic amines is 1. The highest BCUT2D eigenvalue weighted by atomic mass is 16.4. The minimum atomic E-state index is -1.54. The van der Waals surface area contributed by atoms with E-state index in [0.29, 0.717) is 25.1 Å². The van der Waals surface area contributed by atoms with E-state index in [1.807, 2.05) is 0 Å². The highest BCUT2D eigenvalue weighted by Crippen LogP contribution is 2.05. The van der Waals surface area contributed by atoms with Crippen LogP contribution in [-0.4, -0.2) is 92.3 Å². The molecule has 0 saturated heterocycles. The van der Waals surface area contributed by atoms with Gasteiger partial charge in [-0.3, -0.25) is 19.2 Å². The van der Waals surface area contributed by atoms with Gasteiger partial charge in [-0.1, -0.05) is 0 Å². The van der Waals surface area contributed by atoms with Gasteiger partial charge in [0.05, 0.1) is 19.0 Å². The summed E-state index contributed by atoms with van der Waals surface area (Å²) in [5.41, 5.74) is 12.0. The fourth-order valence-electron chi connectivity index (χ4n) is 3.03. The molecule has 0 aromatic carbocycles. The van der Waals surface area contributed by atoms with Gasteiger partial charge in [-0.05, 0) is 32.2 Å². The van der Waals surface area contributed by atoms with Crippen molar-refractivity contribution in [1.29, 1.82) is 0 Å². The Balaban J connectivity index is 2.82. The summed E-state index contributed by atoms with van der Waals surface area (Å²) in [4.78, 5) is 66.4. The van der Waals surface area contributed by atoms with E-state index in [-0.39, 0.29) is 12.8 Å². The van der Waals surface area contributed by atoms with Crippen molar-refractivity contribution in [1.82, 2.24) is 25.9 Å². The van der Waals surface area contributed by atoms with Crippen molar-refractivity contribution < 1.29 is 39.3 Å². The molecule has 0 aliphatic carbocycles. The maximum absolute atomic E-state index is 12.8. The maximum Gasteiger partial charge on any atom is 0.326 e. The number of H-pyrrole nitrogens is 1. The van der Waals surface area contributed by atoms with E-state index in [1.165, 1.54) is 12.5 Å². The Bertz CT molecular complexity index is 849. The van der Waals surface area contributed by atoms with Crippen LogP contribution in [0.4, 0.5) is 0 Å². The third kappa shape index (κ3) is 10.9. The lowest BCUT2D eigenvalue weighted by molar-refractivity contribution is -0.143. The van der Waals surface area contributed by atoms with E-state index in [1.54, 1.807) is 0 Å². The van der Waals surface area contributed by atoms with Gasteiger partial charge < -0.3 is 47.7 Å². The van der Waals surface area contributed by atoms with Gasteiger partial charge in [-0.2, -0.15) is 0 Å². The number of aliphatic carboxylic acids is 2. The molecule has 35 heavy (non-hydrogen) atoms. The normalized spacial score (nSPS) is 14.3. The van der Waals surface area contributed by atoms with E-state index in [2.05, 4.69) is 25.9 Å². The van der Waals surface area contributed by atoms with E-state index < -0.39 is 73.3 Å². The number of aromatic nitrogens is 2. The summed E-state index contributed by atoms with van der Waals surface area (Å²) in [5, 5.41) is 34.4. The maximum atomic E-state index is 12.8. The minimum Gasteiger partial charge on any atom is -0.481 e. The molecule has 4 unspecified atom stereocenters. The Labute approximate surface area is 201 Å². The van der Waals surface area contributed by atoms with Crippen LogP contribution in [0.3, 0.4) is 0 Å². The molecule has 1 aromatic rings. The van der Waals surface area contributed by atoms with Crippen LogP contribution in [0.5, 0.6) is 0 Å². The molecule has 0 saturated carbocycles. The predicted octanol–water partition coefficient (Wildman–Crippen LogP) is -3.20. The zero-order chi connectivity index (χ0) is 26.4. The van der Waals surface area contributed by atoms with Crippen LogP contribution in [0.15, 0.2) is 12.5 Å². The average Bonchev–Trinajstić information content (AvgIpc) is 3.31. The van der Waals surface area contributed by atoms with Crippen molar-refractivity contribution in [2.24, 2.45) is 11.5 Å². The lowest BCUT2D eigenvalue weighted by Crippen LogP contribution is -2.58. The number of hydrogen-bond acceptors (Lipinski definition) is 9. The molecule has 0 bridgehead atoms. The van der Waals surface area contributed by atoms with Crippen LogP contribution in [-0.2, 0) is 30.4 Å². The summed E-state index contributed by atoms with van der Waals surface area (Å²) in [6.45, 7) is -0.512. The average molecular weight is 500 g/mol. The summed E-state index contributed by atoms with van der Waals surface area (Å²) in [6, 6.07) is -5.18. The van der Waals surface area contributed by atoms with Crippen molar-refractivity contribution in [2.45, 2.75) is 62.7 Å². The molecule has 0 radical (unpaired) electrons. The Morgan fingerprint density at radius 2 is 1.57 bits per heavy atom. The van der Waals surface area contributed by atoms with Gasteiger partial charge in [0.25, 0.3) is 0 Å². The molecular weight excluding hydrogens is 466 g/mol. The fourth-order valence-corrected chi connectivity index (χ4v) is 3.03. The van der Waals surface area contributed by atoms with E-state index in [4.69, 9.17) is 16.6 Å². The van der Waals surface area contributed by atoms with Crippen LogP contribution in [0.2, 0.25) is 0 Å². The second-order valence-electron chi connectivity index (χ2n) is 7.81. The number of carboxylic acid groups (broad SMARTS) is 2. The predicted molar refractivity (Wildman–Crippen MR) is 121 cm³/mol. The summed E-state index contributed by atoms with van der Waals surface area (Å²) < 4.78 is 0. The first-order valence-electron chi connectivity index (χ1n) is 11.0. The number of carboxylic acids is 2. The van der Waals surface area contributed by atoms with Crippen LogP contribution in [0, 0.1) is 0 Å². The number of imidazole rings is 1. The van der Waals surface area contributed by atoms with Gasteiger partial charge in [0, 0.05) is 24.7 Å². The Morgan fingerprint density at radius 1 is 0.943 bits per heavy atom. The summed E-state index contributed by atoms with van der Waals surface area (Å²) in [5.74, 6) is -5.17. The molecule has 4 atom stereocenters. The van der Waals surface area contributed by atoms with Gasteiger partial charge in [0.1, 0.15) is 18.1 Å². The molecule has 3 amide bonds. The third-order valence-electron chi connectivity index (χ3n) is 4.99. The molecule has 0 aliphatic rings. The molecule has 196 valence electrons. The van der Waals surface area contributed by atoms with Crippen LogP contribution < -0.4 is 27.4 Å². The van der Waals surface area contributed by atoms with E-state index in [9.17, 15) is 34.2 Å². The molecule has 15 nitrogen and oxygen atoms in total. The second kappa shape index (κ2) is 15.4. The zero-order valence-corrected chi connectivity index (χ0v) is 19.1. The molecule has 11 N–H and O–H groups in total. The number of nitrogens with zero attached hydrogens (tertiary/aromatic N) is 1. The third-order valence-corrected chi connectivity index (χ3v) is 4.99. The highest BCUT2D eigenvalue weighted by molar-refractivity contribution is 5.94.